The van der Waals surface area contributed by atoms with E-state index in [1.807, 2.05) is 19.9 Å². The Labute approximate surface area is 203 Å². The van der Waals surface area contributed by atoms with E-state index in [-0.39, 0.29) is 43.1 Å². The first-order valence-corrected chi connectivity index (χ1v) is 11.4. The van der Waals surface area contributed by atoms with Crippen molar-refractivity contribution in [3.05, 3.63) is 60.2 Å². The summed E-state index contributed by atoms with van der Waals surface area (Å²) in [5, 5.41) is 10.7. The molecule has 10 nitrogen and oxygen atoms in total. The molecule has 1 aliphatic rings. The van der Waals surface area contributed by atoms with Crippen molar-refractivity contribution >= 4 is 41.0 Å². The van der Waals surface area contributed by atoms with Crippen LogP contribution < -0.4 is 21.3 Å². The molecule has 2 aromatic rings. The molecule has 1 saturated heterocycles. The van der Waals surface area contributed by atoms with Crippen molar-refractivity contribution < 1.29 is 24.0 Å². The fraction of sp³-hybridized carbons (Fsp3) is 0.320. The lowest BCUT2D eigenvalue weighted by molar-refractivity contribution is -0.127. The molecule has 0 radical (unpaired) electrons. The van der Waals surface area contributed by atoms with Crippen LogP contribution in [0.25, 0.3) is 0 Å². The van der Waals surface area contributed by atoms with Gasteiger partial charge in [-0.3, -0.25) is 24.1 Å². The number of nitrogens with one attached hydrogen (secondary N) is 4. The number of anilines is 2. The molecule has 0 bridgehead atoms. The average molecular weight is 480 g/mol. The molecule has 1 aliphatic heterocycles. The Kier molecular flexibility index (Phi) is 8.55. The van der Waals surface area contributed by atoms with Gasteiger partial charge in [0.05, 0.1) is 6.54 Å². The molecule has 0 aromatic heterocycles. The van der Waals surface area contributed by atoms with Crippen molar-refractivity contribution in [3.8, 4) is 0 Å². The first-order valence-electron chi connectivity index (χ1n) is 11.4. The largest absolute Gasteiger partial charge is 0.341 e. The second-order valence-corrected chi connectivity index (χ2v) is 8.58. The van der Waals surface area contributed by atoms with Crippen LogP contribution in [0.5, 0.6) is 0 Å². The monoisotopic (exact) mass is 479 g/mol. The Hall–Kier alpha value is -4.21. The highest BCUT2D eigenvalue weighted by atomic mass is 16.2. The lowest BCUT2D eigenvalue weighted by Gasteiger charge is -2.20. The Morgan fingerprint density at radius 1 is 0.914 bits per heavy atom. The molecule has 35 heavy (non-hydrogen) atoms. The summed E-state index contributed by atoms with van der Waals surface area (Å²) in [5.74, 6) is -1.16. The highest BCUT2D eigenvalue weighted by Gasteiger charge is 2.28. The first-order chi connectivity index (χ1) is 16.7. The molecular formula is C25H29N5O5. The average Bonchev–Trinajstić information content (AvgIpc) is 3.14. The smallest absolute Gasteiger partial charge is 0.324 e. The van der Waals surface area contributed by atoms with Gasteiger partial charge in [-0.25, -0.2) is 4.79 Å². The Morgan fingerprint density at radius 2 is 1.54 bits per heavy atom. The number of amides is 6. The van der Waals surface area contributed by atoms with Crippen LogP contribution in [0.15, 0.2) is 54.6 Å². The summed E-state index contributed by atoms with van der Waals surface area (Å²) >= 11 is 0. The SMILES string of the molecule is CC(C)CC(=O)NC(C(=O)Nc1ccc(NC(=O)CCN2C(=O)CNC2=O)cc1)c1ccccc1. The molecule has 6 amide bonds. The van der Waals surface area contributed by atoms with E-state index in [4.69, 9.17) is 0 Å². The molecule has 2 aromatic carbocycles. The van der Waals surface area contributed by atoms with Crippen molar-refractivity contribution in [1.29, 1.82) is 0 Å². The van der Waals surface area contributed by atoms with Gasteiger partial charge in [-0.1, -0.05) is 44.2 Å². The van der Waals surface area contributed by atoms with E-state index in [0.29, 0.717) is 23.4 Å². The van der Waals surface area contributed by atoms with Gasteiger partial charge in [0.1, 0.15) is 6.04 Å². The number of nitrogens with zero attached hydrogens (tertiary/aromatic N) is 1. The lowest BCUT2D eigenvalue weighted by atomic mass is 10.0. The minimum absolute atomic E-state index is 0.00591. The third-order valence-electron chi connectivity index (χ3n) is 5.23. The zero-order chi connectivity index (χ0) is 25.4. The van der Waals surface area contributed by atoms with E-state index in [1.54, 1.807) is 48.5 Å². The molecule has 1 heterocycles. The molecule has 1 fully saturated rings. The fourth-order valence-corrected chi connectivity index (χ4v) is 3.51. The summed E-state index contributed by atoms with van der Waals surface area (Å²) in [6.07, 6.45) is 0.272. The Bertz CT molecular complexity index is 1070. The van der Waals surface area contributed by atoms with E-state index in [1.165, 1.54) is 0 Å². The predicted octanol–water partition coefficient (Wildman–Crippen LogP) is 2.41. The molecule has 0 saturated carbocycles. The minimum Gasteiger partial charge on any atom is -0.341 e. The molecular weight excluding hydrogens is 450 g/mol. The van der Waals surface area contributed by atoms with E-state index < -0.39 is 18.0 Å². The topological polar surface area (TPSA) is 137 Å². The summed E-state index contributed by atoms with van der Waals surface area (Å²) in [4.78, 5) is 61.6. The van der Waals surface area contributed by atoms with Crippen LogP contribution in [0.4, 0.5) is 16.2 Å². The number of carbonyl (C=O) groups excluding carboxylic acids is 5. The van der Waals surface area contributed by atoms with Crippen LogP contribution in [-0.2, 0) is 19.2 Å². The zero-order valence-corrected chi connectivity index (χ0v) is 19.7. The van der Waals surface area contributed by atoms with Gasteiger partial charge in [0, 0.05) is 30.8 Å². The Balaban J connectivity index is 1.58. The van der Waals surface area contributed by atoms with Crippen LogP contribution in [-0.4, -0.2) is 47.6 Å². The molecule has 4 N–H and O–H groups in total. The van der Waals surface area contributed by atoms with E-state index >= 15 is 0 Å². The quantitative estimate of drug-likeness (QED) is 0.388. The third-order valence-corrected chi connectivity index (χ3v) is 5.23. The van der Waals surface area contributed by atoms with Crippen LogP contribution in [0, 0.1) is 5.92 Å². The summed E-state index contributed by atoms with van der Waals surface area (Å²) in [5.41, 5.74) is 1.65. The number of rotatable bonds is 10. The fourth-order valence-electron chi connectivity index (χ4n) is 3.51. The molecule has 0 spiro atoms. The maximum atomic E-state index is 13.0. The van der Waals surface area contributed by atoms with Crippen molar-refractivity contribution in [3.63, 3.8) is 0 Å². The number of hydrogen-bond donors (Lipinski definition) is 4. The van der Waals surface area contributed by atoms with E-state index in [9.17, 15) is 24.0 Å². The second kappa shape index (κ2) is 11.8. The molecule has 184 valence electrons. The summed E-state index contributed by atoms with van der Waals surface area (Å²) in [6, 6.07) is 14.1. The highest BCUT2D eigenvalue weighted by Crippen LogP contribution is 2.19. The standard InChI is InChI=1S/C25H29N5O5/c1-16(2)14-21(32)29-23(17-6-4-3-5-7-17)24(34)28-19-10-8-18(9-11-19)27-20(31)12-13-30-22(33)15-26-25(30)35/h3-11,16,23H,12-15H2,1-2H3,(H,26,35)(H,27,31)(H,28,34)(H,29,32). The lowest BCUT2D eigenvalue weighted by Crippen LogP contribution is -2.37. The van der Waals surface area contributed by atoms with Gasteiger partial charge >= 0.3 is 6.03 Å². The van der Waals surface area contributed by atoms with Crippen LogP contribution >= 0.6 is 0 Å². The number of carbonyl (C=O) groups is 5. The van der Waals surface area contributed by atoms with Gasteiger partial charge in [0.15, 0.2) is 0 Å². The number of imide groups is 1. The Morgan fingerprint density at radius 3 is 2.11 bits per heavy atom. The molecule has 3 rings (SSSR count). The number of hydrogen-bond acceptors (Lipinski definition) is 5. The van der Waals surface area contributed by atoms with Crippen molar-refractivity contribution in [2.45, 2.75) is 32.7 Å². The van der Waals surface area contributed by atoms with Crippen LogP contribution in [0.2, 0.25) is 0 Å². The molecule has 1 unspecified atom stereocenters. The van der Waals surface area contributed by atoms with E-state index in [2.05, 4.69) is 21.3 Å². The van der Waals surface area contributed by atoms with Gasteiger partial charge in [0.25, 0.3) is 5.91 Å². The van der Waals surface area contributed by atoms with Gasteiger partial charge in [-0.05, 0) is 35.7 Å². The summed E-state index contributed by atoms with van der Waals surface area (Å²) in [7, 11) is 0. The van der Waals surface area contributed by atoms with Crippen molar-refractivity contribution in [2.75, 3.05) is 23.7 Å². The van der Waals surface area contributed by atoms with Gasteiger partial charge < -0.3 is 21.3 Å². The van der Waals surface area contributed by atoms with E-state index in [0.717, 1.165) is 4.90 Å². The molecule has 1 atom stereocenters. The maximum Gasteiger partial charge on any atom is 0.324 e. The molecule has 10 heteroatoms. The van der Waals surface area contributed by atoms with Gasteiger partial charge in [-0.15, -0.1) is 0 Å². The van der Waals surface area contributed by atoms with Crippen molar-refractivity contribution in [2.24, 2.45) is 5.92 Å². The predicted molar refractivity (Wildman–Crippen MR) is 130 cm³/mol. The third kappa shape index (κ3) is 7.39. The van der Waals surface area contributed by atoms with Gasteiger partial charge in [0.2, 0.25) is 17.7 Å². The number of urea groups is 1. The summed E-state index contributed by atoms with van der Waals surface area (Å²) < 4.78 is 0. The number of benzene rings is 2. The summed E-state index contributed by atoms with van der Waals surface area (Å²) in [6.45, 7) is 3.80. The highest BCUT2D eigenvalue weighted by molar-refractivity contribution is 6.02. The first kappa shape index (κ1) is 25.4. The van der Waals surface area contributed by atoms with Crippen molar-refractivity contribution in [1.82, 2.24) is 15.5 Å². The van der Waals surface area contributed by atoms with Crippen LogP contribution in [0.3, 0.4) is 0 Å². The maximum absolute atomic E-state index is 13.0. The zero-order valence-electron chi connectivity index (χ0n) is 19.7. The van der Waals surface area contributed by atoms with Crippen LogP contribution in [0.1, 0.15) is 38.3 Å². The normalized spacial score (nSPS) is 13.9. The minimum atomic E-state index is -0.854. The molecule has 0 aliphatic carbocycles. The van der Waals surface area contributed by atoms with Gasteiger partial charge in [-0.2, -0.15) is 0 Å². The second-order valence-electron chi connectivity index (χ2n) is 8.58.